The molecule has 1 aliphatic heterocycles. The van der Waals surface area contributed by atoms with Crippen molar-refractivity contribution in [3.63, 3.8) is 0 Å². The first-order valence-electron chi connectivity index (χ1n) is 9.12. The number of nitrogens with one attached hydrogen (secondary N) is 1. The van der Waals surface area contributed by atoms with Gasteiger partial charge in [-0.05, 0) is 43.9 Å². The first-order chi connectivity index (χ1) is 12.2. The summed E-state index contributed by atoms with van der Waals surface area (Å²) in [5.41, 5.74) is 1.21. The smallest absolute Gasteiger partial charge is 0.193 e. The number of ether oxygens (including phenoxy) is 2. The molecule has 1 fully saturated rings. The van der Waals surface area contributed by atoms with E-state index in [2.05, 4.69) is 24.2 Å². The molecule has 0 radical (unpaired) electrons. The lowest BCUT2D eigenvalue weighted by atomic mass is 10.1. The minimum atomic E-state index is 0.360. The van der Waals surface area contributed by atoms with Crippen LogP contribution in [0.25, 0.3) is 0 Å². The van der Waals surface area contributed by atoms with E-state index in [1.807, 2.05) is 24.3 Å². The molecule has 0 spiro atoms. The summed E-state index contributed by atoms with van der Waals surface area (Å²) in [6, 6.07) is 7.93. The topological polar surface area (TPSA) is 46.1 Å². The SMILES string of the molecule is CCNC(=NCCCOC1CCOCC1)N(C)Cc1ccc(Cl)cc1. The van der Waals surface area contributed by atoms with E-state index >= 15 is 0 Å². The molecule has 1 N–H and O–H groups in total. The quantitative estimate of drug-likeness (QED) is 0.435. The zero-order valence-corrected chi connectivity index (χ0v) is 16.1. The van der Waals surface area contributed by atoms with Gasteiger partial charge in [0.15, 0.2) is 5.96 Å². The Bertz CT molecular complexity index is 516. The minimum absolute atomic E-state index is 0.360. The molecule has 0 bridgehead atoms. The Morgan fingerprint density at radius 2 is 2.04 bits per heavy atom. The Morgan fingerprint density at radius 3 is 2.72 bits per heavy atom. The Kier molecular flexibility index (Phi) is 9.08. The molecular formula is C19H30ClN3O2. The molecule has 5 nitrogen and oxygen atoms in total. The third-order valence-electron chi connectivity index (χ3n) is 4.12. The highest BCUT2D eigenvalue weighted by Gasteiger charge is 2.13. The molecule has 0 atom stereocenters. The normalized spacial score (nSPS) is 16.0. The highest BCUT2D eigenvalue weighted by atomic mass is 35.5. The standard InChI is InChI=1S/C19H30ClN3O2/c1-3-21-19(23(2)15-16-5-7-17(20)8-6-16)22-11-4-12-25-18-9-13-24-14-10-18/h5-8,18H,3-4,9-15H2,1-2H3,(H,21,22). The van der Waals surface area contributed by atoms with E-state index in [9.17, 15) is 0 Å². The molecule has 0 aliphatic carbocycles. The minimum Gasteiger partial charge on any atom is -0.381 e. The van der Waals surface area contributed by atoms with E-state index in [0.717, 1.165) is 69.7 Å². The van der Waals surface area contributed by atoms with Crippen molar-refractivity contribution in [2.75, 3.05) is 40.0 Å². The summed E-state index contributed by atoms with van der Waals surface area (Å²) in [4.78, 5) is 6.84. The summed E-state index contributed by atoms with van der Waals surface area (Å²) in [6.45, 7) is 6.89. The van der Waals surface area contributed by atoms with E-state index in [1.165, 1.54) is 5.56 Å². The summed E-state index contributed by atoms with van der Waals surface area (Å²) in [5.74, 6) is 0.920. The second-order valence-corrected chi connectivity index (χ2v) is 6.69. The van der Waals surface area contributed by atoms with Crippen LogP contribution in [-0.4, -0.2) is 56.9 Å². The number of nitrogens with zero attached hydrogens (tertiary/aromatic N) is 2. The summed E-state index contributed by atoms with van der Waals surface area (Å²) >= 11 is 5.95. The monoisotopic (exact) mass is 367 g/mol. The van der Waals surface area contributed by atoms with Crippen molar-refractivity contribution in [2.45, 2.75) is 38.8 Å². The molecule has 2 rings (SSSR count). The molecule has 0 amide bonds. The summed E-state index contributed by atoms with van der Waals surface area (Å²) in [5, 5.41) is 4.11. The largest absolute Gasteiger partial charge is 0.381 e. The number of hydrogen-bond acceptors (Lipinski definition) is 3. The third kappa shape index (κ3) is 7.63. The van der Waals surface area contributed by atoms with Gasteiger partial charge in [-0.2, -0.15) is 0 Å². The van der Waals surface area contributed by atoms with Crippen LogP contribution >= 0.6 is 11.6 Å². The van der Waals surface area contributed by atoms with Crippen molar-refractivity contribution >= 4 is 17.6 Å². The lowest BCUT2D eigenvalue weighted by molar-refractivity contribution is -0.0318. The van der Waals surface area contributed by atoms with Gasteiger partial charge in [0, 0.05) is 51.5 Å². The molecule has 1 aromatic carbocycles. The van der Waals surface area contributed by atoms with Gasteiger partial charge in [0.2, 0.25) is 0 Å². The van der Waals surface area contributed by atoms with Crippen LogP contribution in [0.3, 0.4) is 0 Å². The van der Waals surface area contributed by atoms with Gasteiger partial charge >= 0.3 is 0 Å². The van der Waals surface area contributed by atoms with Crippen molar-refractivity contribution in [1.29, 1.82) is 0 Å². The van der Waals surface area contributed by atoms with Gasteiger partial charge in [0.05, 0.1) is 6.10 Å². The highest BCUT2D eigenvalue weighted by Crippen LogP contribution is 2.12. The van der Waals surface area contributed by atoms with Gasteiger partial charge in [-0.1, -0.05) is 23.7 Å². The maximum Gasteiger partial charge on any atom is 0.193 e. The number of hydrogen-bond donors (Lipinski definition) is 1. The average Bonchev–Trinajstić information content (AvgIpc) is 2.63. The Balaban J connectivity index is 1.75. The van der Waals surface area contributed by atoms with Crippen LogP contribution in [0.15, 0.2) is 29.3 Å². The maximum absolute atomic E-state index is 5.95. The molecule has 0 unspecified atom stereocenters. The molecule has 0 saturated carbocycles. The molecule has 1 saturated heterocycles. The van der Waals surface area contributed by atoms with E-state index < -0.39 is 0 Å². The van der Waals surface area contributed by atoms with Crippen LogP contribution in [0.2, 0.25) is 5.02 Å². The summed E-state index contributed by atoms with van der Waals surface area (Å²) in [7, 11) is 2.05. The second-order valence-electron chi connectivity index (χ2n) is 6.25. The van der Waals surface area contributed by atoms with Crippen molar-refractivity contribution < 1.29 is 9.47 Å². The molecule has 1 aromatic rings. The van der Waals surface area contributed by atoms with Crippen molar-refractivity contribution in [1.82, 2.24) is 10.2 Å². The van der Waals surface area contributed by atoms with E-state index in [4.69, 9.17) is 26.1 Å². The summed E-state index contributed by atoms with van der Waals surface area (Å²) < 4.78 is 11.2. The molecule has 1 heterocycles. The van der Waals surface area contributed by atoms with Crippen molar-refractivity contribution in [3.8, 4) is 0 Å². The van der Waals surface area contributed by atoms with E-state index in [0.29, 0.717) is 6.10 Å². The van der Waals surface area contributed by atoms with E-state index in [-0.39, 0.29) is 0 Å². The fourth-order valence-corrected chi connectivity index (χ4v) is 2.88. The lowest BCUT2D eigenvalue weighted by Crippen LogP contribution is -2.38. The van der Waals surface area contributed by atoms with Gasteiger partial charge in [0.25, 0.3) is 0 Å². The predicted octanol–water partition coefficient (Wildman–Crippen LogP) is 3.32. The molecule has 1 aliphatic rings. The van der Waals surface area contributed by atoms with Crippen LogP contribution < -0.4 is 5.32 Å². The van der Waals surface area contributed by atoms with Crippen LogP contribution in [0, 0.1) is 0 Å². The average molecular weight is 368 g/mol. The molecular weight excluding hydrogens is 338 g/mol. The molecule has 6 heteroatoms. The van der Waals surface area contributed by atoms with Crippen LogP contribution in [0.1, 0.15) is 31.7 Å². The first-order valence-corrected chi connectivity index (χ1v) is 9.50. The van der Waals surface area contributed by atoms with Gasteiger partial charge in [-0.15, -0.1) is 0 Å². The van der Waals surface area contributed by atoms with Gasteiger partial charge in [-0.3, -0.25) is 4.99 Å². The fourth-order valence-electron chi connectivity index (χ4n) is 2.75. The number of rotatable bonds is 8. The first kappa shape index (κ1) is 20.0. The Labute approximate surface area is 156 Å². The third-order valence-corrected chi connectivity index (χ3v) is 4.37. The summed E-state index contributed by atoms with van der Waals surface area (Å²) in [6.07, 6.45) is 3.31. The lowest BCUT2D eigenvalue weighted by Gasteiger charge is -2.23. The van der Waals surface area contributed by atoms with Gasteiger partial charge in [-0.25, -0.2) is 0 Å². The molecule has 140 valence electrons. The number of benzene rings is 1. The van der Waals surface area contributed by atoms with Gasteiger partial charge in [0.1, 0.15) is 0 Å². The zero-order valence-electron chi connectivity index (χ0n) is 15.3. The highest BCUT2D eigenvalue weighted by molar-refractivity contribution is 6.30. The predicted molar refractivity (Wildman–Crippen MR) is 103 cm³/mol. The zero-order chi connectivity index (χ0) is 17.9. The van der Waals surface area contributed by atoms with Crippen LogP contribution in [-0.2, 0) is 16.0 Å². The van der Waals surface area contributed by atoms with Crippen LogP contribution in [0.5, 0.6) is 0 Å². The fraction of sp³-hybridized carbons (Fsp3) is 0.632. The molecule has 0 aromatic heterocycles. The van der Waals surface area contributed by atoms with E-state index in [1.54, 1.807) is 0 Å². The second kappa shape index (κ2) is 11.3. The van der Waals surface area contributed by atoms with Gasteiger partial charge < -0.3 is 19.7 Å². The number of guanidine groups is 1. The van der Waals surface area contributed by atoms with Crippen molar-refractivity contribution in [2.24, 2.45) is 4.99 Å². The Morgan fingerprint density at radius 1 is 1.32 bits per heavy atom. The maximum atomic E-state index is 5.95. The van der Waals surface area contributed by atoms with Crippen molar-refractivity contribution in [3.05, 3.63) is 34.9 Å². The number of halogens is 1. The van der Waals surface area contributed by atoms with Crippen LogP contribution in [0.4, 0.5) is 0 Å². The molecule has 25 heavy (non-hydrogen) atoms. The Hall–Kier alpha value is -1.30. The number of aliphatic imine (C=N–C) groups is 1.